The number of para-hydroxylation sites is 2. The van der Waals surface area contributed by atoms with E-state index in [-0.39, 0.29) is 5.41 Å². The van der Waals surface area contributed by atoms with E-state index in [1.54, 1.807) is 0 Å². The largest absolute Gasteiger partial charge is 0.423 e. The molecule has 3 heteroatoms. The molecule has 0 atom stereocenters. The summed E-state index contributed by atoms with van der Waals surface area (Å²) < 4.78 is 5.68. The van der Waals surface area contributed by atoms with Crippen LogP contribution in [0.15, 0.2) is 52.9 Å². The number of anilines is 2. The zero-order valence-electron chi connectivity index (χ0n) is 12.0. The Morgan fingerprint density at radius 3 is 2.55 bits per heavy atom. The van der Waals surface area contributed by atoms with Gasteiger partial charge in [0.05, 0.1) is 0 Å². The SMILES string of the molecule is CC(C)(C)c1cccc(Nc2nc3ccccc3o2)c1. The van der Waals surface area contributed by atoms with Gasteiger partial charge in [0.15, 0.2) is 5.58 Å². The molecule has 0 radical (unpaired) electrons. The van der Waals surface area contributed by atoms with Gasteiger partial charge in [0.25, 0.3) is 6.01 Å². The molecule has 0 bridgehead atoms. The predicted octanol–water partition coefficient (Wildman–Crippen LogP) is 4.87. The lowest BCUT2D eigenvalue weighted by Crippen LogP contribution is -2.11. The van der Waals surface area contributed by atoms with Crippen LogP contribution in [-0.2, 0) is 5.41 Å². The Kier molecular flexibility index (Phi) is 2.97. The Balaban J connectivity index is 1.91. The van der Waals surface area contributed by atoms with Crippen LogP contribution in [0.2, 0.25) is 0 Å². The van der Waals surface area contributed by atoms with Crippen LogP contribution in [0.4, 0.5) is 11.7 Å². The molecule has 0 saturated carbocycles. The number of aromatic nitrogens is 1. The van der Waals surface area contributed by atoms with Gasteiger partial charge in [-0.3, -0.25) is 0 Å². The summed E-state index contributed by atoms with van der Waals surface area (Å²) in [6.45, 7) is 6.60. The van der Waals surface area contributed by atoms with Crippen molar-refractivity contribution in [2.75, 3.05) is 5.32 Å². The first-order valence-electron chi connectivity index (χ1n) is 6.75. The summed E-state index contributed by atoms with van der Waals surface area (Å²) in [5, 5.41) is 3.23. The van der Waals surface area contributed by atoms with Gasteiger partial charge in [-0.25, -0.2) is 0 Å². The van der Waals surface area contributed by atoms with Crippen LogP contribution < -0.4 is 5.32 Å². The maximum atomic E-state index is 5.68. The van der Waals surface area contributed by atoms with Gasteiger partial charge >= 0.3 is 0 Å². The predicted molar refractivity (Wildman–Crippen MR) is 82.4 cm³/mol. The molecule has 0 aliphatic rings. The number of benzene rings is 2. The van der Waals surface area contributed by atoms with Crippen LogP contribution in [0, 0.1) is 0 Å². The lowest BCUT2D eigenvalue weighted by atomic mass is 9.87. The number of hydrogen-bond acceptors (Lipinski definition) is 3. The van der Waals surface area contributed by atoms with Crippen LogP contribution in [-0.4, -0.2) is 4.98 Å². The van der Waals surface area contributed by atoms with E-state index in [0.717, 1.165) is 16.8 Å². The van der Waals surface area contributed by atoms with Crippen molar-refractivity contribution in [1.29, 1.82) is 0 Å². The monoisotopic (exact) mass is 266 g/mol. The summed E-state index contributed by atoms with van der Waals surface area (Å²) in [6, 6.07) is 16.6. The first-order valence-corrected chi connectivity index (χ1v) is 6.75. The third kappa shape index (κ3) is 2.52. The normalized spacial score (nSPS) is 11.8. The number of nitrogens with one attached hydrogen (secondary N) is 1. The average Bonchev–Trinajstić information content (AvgIpc) is 2.80. The minimum absolute atomic E-state index is 0.124. The smallest absolute Gasteiger partial charge is 0.300 e. The highest BCUT2D eigenvalue weighted by Crippen LogP contribution is 2.27. The molecule has 1 heterocycles. The fraction of sp³-hybridized carbons (Fsp3) is 0.235. The molecule has 1 N–H and O–H groups in total. The van der Waals surface area contributed by atoms with Crippen molar-refractivity contribution in [3.8, 4) is 0 Å². The van der Waals surface area contributed by atoms with Crippen molar-refractivity contribution in [3.05, 3.63) is 54.1 Å². The second kappa shape index (κ2) is 4.67. The minimum atomic E-state index is 0.124. The number of rotatable bonds is 2. The van der Waals surface area contributed by atoms with E-state index < -0.39 is 0 Å². The van der Waals surface area contributed by atoms with E-state index in [0.29, 0.717) is 6.01 Å². The summed E-state index contributed by atoms with van der Waals surface area (Å²) >= 11 is 0. The van der Waals surface area contributed by atoms with E-state index in [2.05, 4.69) is 43.2 Å². The third-order valence-electron chi connectivity index (χ3n) is 3.27. The van der Waals surface area contributed by atoms with Gasteiger partial charge in [0.2, 0.25) is 0 Å². The van der Waals surface area contributed by atoms with Gasteiger partial charge in [0, 0.05) is 5.69 Å². The number of hydrogen-bond donors (Lipinski definition) is 1. The molecule has 0 unspecified atom stereocenters. The van der Waals surface area contributed by atoms with Crippen molar-refractivity contribution in [1.82, 2.24) is 4.98 Å². The fourth-order valence-electron chi connectivity index (χ4n) is 2.11. The van der Waals surface area contributed by atoms with E-state index in [1.807, 2.05) is 36.4 Å². The zero-order chi connectivity index (χ0) is 14.2. The summed E-state index contributed by atoms with van der Waals surface area (Å²) in [7, 11) is 0. The lowest BCUT2D eigenvalue weighted by molar-refractivity contribution is 0.590. The molecular weight excluding hydrogens is 248 g/mol. The molecule has 102 valence electrons. The zero-order valence-corrected chi connectivity index (χ0v) is 12.0. The third-order valence-corrected chi connectivity index (χ3v) is 3.27. The number of nitrogens with zero attached hydrogens (tertiary/aromatic N) is 1. The maximum Gasteiger partial charge on any atom is 0.300 e. The Morgan fingerprint density at radius 1 is 1.00 bits per heavy atom. The van der Waals surface area contributed by atoms with E-state index in [1.165, 1.54) is 5.56 Å². The van der Waals surface area contributed by atoms with Gasteiger partial charge < -0.3 is 9.73 Å². The molecular formula is C17H18N2O. The van der Waals surface area contributed by atoms with Crippen molar-refractivity contribution in [2.45, 2.75) is 26.2 Å². The van der Waals surface area contributed by atoms with Gasteiger partial charge in [-0.05, 0) is 35.2 Å². The number of oxazole rings is 1. The Labute approximate surface area is 118 Å². The molecule has 3 nitrogen and oxygen atoms in total. The van der Waals surface area contributed by atoms with Crippen LogP contribution in [0.5, 0.6) is 0 Å². The first-order chi connectivity index (χ1) is 9.52. The van der Waals surface area contributed by atoms with Gasteiger partial charge in [-0.2, -0.15) is 4.98 Å². The van der Waals surface area contributed by atoms with Crippen molar-refractivity contribution in [3.63, 3.8) is 0 Å². The Hall–Kier alpha value is -2.29. The second-order valence-corrected chi connectivity index (χ2v) is 5.94. The molecule has 1 aromatic heterocycles. The average molecular weight is 266 g/mol. The highest BCUT2D eigenvalue weighted by atomic mass is 16.4. The van der Waals surface area contributed by atoms with E-state index in [9.17, 15) is 0 Å². The van der Waals surface area contributed by atoms with Gasteiger partial charge in [-0.15, -0.1) is 0 Å². The summed E-state index contributed by atoms with van der Waals surface area (Å²) in [4.78, 5) is 4.42. The quantitative estimate of drug-likeness (QED) is 0.719. The molecule has 0 aliphatic heterocycles. The Bertz CT molecular complexity index is 705. The Morgan fingerprint density at radius 2 is 1.80 bits per heavy atom. The van der Waals surface area contributed by atoms with Gasteiger partial charge in [0.1, 0.15) is 5.52 Å². The molecule has 0 amide bonds. The molecule has 3 aromatic rings. The van der Waals surface area contributed by atoms with Crippen LogP contribution in [0.3, 0.4) is 0 Å². The highest BCUT2D eigenvalue weighted by Gasteiger charge is 2.14. The van der Waals surface area contributed by atoms with E-state index >= 15 is 0 Å². The lowest BCUT2D eigenvalue weighted by Gasteiger charge is -2.19. The van der Waals surface area contributed by atoms with E-state index in [4.69, 9.17) is 4.42 Å². The maximum absolute atomic E-state index is 5.68. The summed E-state index contributed by atoms with van der Waals surface area (Å²) in [5.41, 5.74) is 4.05. The summed E-state index contributed by atoms with van der Waals surface area (Å²) in [5.74, 6) is 0. The van der Waals surface area contributed by atoms with Crippen LogP contribution in [0.1, 0.15) is 26.3 Å². The summed E-state index contributed by atoms with van der Waals surface area (Å²) in [6.07, 6.45) is 0. The molecule has 3 rings (SSSR count). The fourth-order valence-corrected chi connectivity index (χ4v) is 2.11. The van der Waals surface area contributed by atoms with Crippen molar-refractivity contribution >= 4 is 22.8 Å². The highest BCUT2D eigenvalue weighted by molar-refractivity contribution is 5.75. The first kappa shape index (κ1) is 12.7. The van der Waals surface area contributed by atoms with Gasteiger partial charge in [-0.1, -0.05) is 45.0 Å². The molecule has 0 spiro atoms. The topological polar surface area (TPSA) is 38.1 Å². The van der Waals surface area contributed by atoms with Crippen LogP contribution >= 0.6 is 0 Å². The van der Waals surface area contributed by atoms with Crippen molar-refractivity contribution < 1.29 is 4.42 Å². The molecule has 0 fully saturated rings. The minimum Gasteiger partial charge on any atom is -0.423 e. The molecule has 2 aromatic carbocycles. The second-order valence-electron chi connectivity index (χ2n) is 5.94. The molecule has 0 aliphatic carbocycles. The number of fused-ring (bicyclic) bond motifs is 1. The van der Waals surface area contributed by atoms with Crippen molar-refractivity contribution in [2.24, 2.45) is 0 Å². The molecule has 20 heavy (non-hydrogen) atoms. The molecule has 0 saturated heterocycles. The van der Waals surface area contributed by atoms with Crippen LogP contribution in [0.25, 0.3) is 11.1 Å². The standard InChI is InChI=1S/C17H18N2O/c1-17(2,3)12-7-6-8-13(11-12)18-16-19-14-9-4-5-10-15(14)20-16/h4-11H,1-3H3,(H,18,19).